The summed E-state index contributed by atoms with van der Waals surface area (Å²) in [5.74, 6) is 1.16. The summed E-state index contributed by atoms with van der Waals surface area (Å²) in [6, 6.07) is 14.7. The van der Waals surface area contributed by atoms with Crippen LogP contribution in [0.4, 0.5) is 0 Å². The third kappa shape index (κ3) is 3.38. The summed E-state index contributed by atoms with van der Waals surface area (Å²) in [6.45, 7) is 0. The largest absolute Gasteiger partial charge is 0.497 e. The van der Waals surface area contributed by atoms with Gasteiger partial charge in [0.25, 0.3) is 5.91 Å². The fourth-order valence-electron chi connectivity index (χ4n) is 2.31. The van der Waals surface area contributed by atoms with Gasteiger partial charge in [-0.05, 0) is 42.0 Å². The first-order chi connectivity index (χ1) is 11.7. The van der Waals surface area contributed by atoms with Gasteiger partial charge < -0.3 is 14.5 Å². The maximum absolute atomic E-state index is 12.2. The number of aromatic amines is 1. The molecule has 2 aromatic carbocycles. The van der Waals surface area contributed by atoms with Gasteiger partial charge in [0.1, 0.15) is 17.2 Å². The van der Waals surface area contributed by atoms with Crippen LogP contribution in [0.3, 0.4) is 0 Å². The number of nitrogens with one attached hydrogen (secondary N) is 2. The molecule has 0 radical (unpaired) electrons. The van der Waals surface area contributed by atoms with E-state index in [1.807, 2.05) is 42.5 Å². The number of methoxy groups -OCH3 is 2. The summed E-state index contributed by atoms with van der Waals surface area (Å²) in [4.78, 5) is 15.2. The molecule has 0 saturated heterocycles. The summed E-state index contributed by atoms with van der Waals surface area (Å²) in [7, 11) is 3.21. The Kier molecular flexibility index (Phi) is 4.47. The lowest BCUT2D eigenvalue weighted by Crippen LogP contribution is -2.17. The number of amides is 1. The second kappa shape index (κ2) is 6.87. The van der Waals surface area contributed by atoms with Gasteiger partial charge in [0, 0.05) is 10.9 Å². The lowest BCUT2D eigenvalue weighted by Gasteiger charge is -2.00. The SMILES string of the molecule is COc1cccc(C=NNC(=O)c2cc3cc(OC)ccc3[nH]2)c1. The molecule has 24 heavy (non-hydrogen) atoms. The molecule has 3 aromatic rings. The van der Waals surface area contributed by atoms with Crippen molar-refractivity contribution in [2.45, 2.75) is 0 Å². The highest BCUT2D eigenvalue weighted by Crippen LogP contribution is 2.21. The molecule has 0 bridgehead atoms. The van der Waals surface area contributed by atoms with E-state index in [9.17, 15) is 4.79 Å². The van der Waals surface area contributed by atoms with E-state index in [0.717, 1.165) is 28.0 Å². The molecule has 3 rings (SSSR count). The van der Waals surface area contributed by atoms with Crippen molar-refractivity contribution in [3.63, 3.8) is 0 Å². The van der Waals surface area contributed by atoms with Crippen LogP contribution in [-0.2, 0) is 0 Å². The lowest BCUT2D eigenvalue weighted by molar-refractivity contribution is 0.0951. The number of carbonyl (C=O) groups excluding carboxylic acids is 1. The van der Waals surface area contributed by atoms with E-state index in [2.05, 4.69) is 15.5 Å². The monoisotopic (exact) mass is 323 g/mol. The molecular formula is C18H17N3O3. The maximum Gasteiger partial charge on any atom is 0.287 e. The van der Waals surface area contributed by atoms with Crippen molar-refractivity contribution in [2.24, 2.45) is 5.10 Å². The average Bonchev–Trinajstić information content (AvgIpc) is 3.05. The number of H-pyrrole nitrogens is 1. The molecule has 1 amide bonds. The molecule has 0 unspecified atom stereocenters. The number of fused-ring (bicyclic) bond motifs is 1. The van der Waals surface area contributed by atoms with Crippen molar-refractivity contribution in [3.05, 3.63) is 59.8 Å². The molecule has 1 heterocycles. The number of hydrogen-bond acceptors (Lipinski definition) is 4. The smallest absolute Gasteiger partial charge is 0.287 e. The van der Waals surface area contributed by atoms with Gasteiger partial charge in [0.2, 0.25) is 0 Å². The van der Waals surface area contributed by atoms with Crippen LogP contribution < -0.4 is 14.9 Å². The summed E-state index contributed by atoms with van der Waals surface area (Å²) >= 11 is 0. The Morgan fingerprint density at radius 3 is 2.67 bits per heavy atom. The Balaban J connectivity index is 1.71. The first kappa shape index (κ1) is 15.6. The van der Waals surface area contributed by atoms with Gasteiger partial charge in [-0.15, -0.1) is 0 Å². The number of hydrazone groups is 1. The molecule has 6 heteroatoms. The Labute approximate surface area is 139 Å². The normalized spacial score (nSPS) is 10.9. The Morgan fingerprint density at radius 1 is 1.08 bits per heavy atom. The predicted molar refractivity (Wildman–Crippen MR) is 92.9 cm³/mol. The number of ether oxygens (including phenoxy) is 2. The van der Waals surface area contributed by atoms with Gasteiger partial charge in [-0.25, -0.2) is 5.43 Å². The van der Waals surface area contributed by atoms with Crippen LogP contribution in [0.25, 0.3) is 10.9 Å². The second-order valence-electron chi connectivity index (χ2n) is 5.11. The lowest BCUT2D eigenvalue weighted by atomic mass is 10.2. The van der Waals surface area contributed by atoms with Crippen LogP contribution in [0, 0.1) is 0 Å². The van der Waals surface area contributed by atoms with E-state index in [1.165, 1.54) is 0 Å². The number of rotatable bonds is 5. The van der Waals surface area contributed by atoms with Crippen LogP contribution in [0.5, 0.6) is 11.5 Å². The summed E-state index contributed by atoms with van der Waals surface area (Å²) in [6.07, 6.45) is 1.56. The predicted octanol–water partition coefficient (Wildman–Crippen LogP) is 2.95. The molecule has 1 aromatic heterocycles. The Morgan fingerprint density at radius 2 is 1.88 bits per heavy atom. The number of nitrogens with zero attached hydrogens (tertiary/aromatic N) is 1. The highest BCUT2D eigenvalue weighted by molar-refractivity contribution is 5.98. The van der Waals surface area contributed by atoms with Gasteiger partial charge >= 0.3 is 0 Å². The first-order valence-electron chi connectivity index (χ1n) is 7.34. The highest BCUT2D eigenvalue weighted by Gasteiger charge is 2.09. The van der Waals surface area contributed by atoms with E-state index < -0.39 is 0 Å². The van der Waals surface area contributed by atoms with Crippen LogP contribution >= 0.6 is 0 Å². The van der Waals surface area contributed by atoms with Crippen molar-refractivity contribution >= 4 is 23.0 Å². The van der Waals surface area contributed by atoms with Crippen molar-refractivity contribution < 1.29 is 14.3 Å². The fraction of sp³-hybridized carbons (Fsp3) is 0.111. The maximum atomic E-state index is 12.2. The van der Waals surface area contributed by atoms with Gasteiger partial charge in [-0.2, -0.15) is 5.10 Å². The first-order valence-corrected chi connectivity index (χ1v) is 7.34. The van der Waals surface area contributed by atoms with Crippen molar-refractivity contribution in [2.75, 3.05) is 14.2 Å². The minimum absolute atomic E-state index is 0.315. The molecule has 0 atom stereocenters. The van der Waals surface area contributed by atoms with E-state index in [0.29, 0.717) is 5.69 Å². The van der Waals surface area contributed by atoms with E-state index in [1.54, 1.807) is 26.5 Å². The van der Waals surface area contributed by atoms with Crippen LogP contribution in [0.1, 0.15) is 16.1 Å². The molecule has 122 valence electrons. The molecule has 6 nitrogen and oxygen atoms in total. The average molecular weight is 323 g/mol. The third-order valence-corrected chi connectivity index (χ3v) is 3.55. The van der Waals surface area contributed by atoms with E-state index >= 15 is 0 Å². The van der Waals surface area contributed by atoms with Gasteiger partial charge in [-0.1, -0.05) is 12.1 Å². The van der Waals surface area contributed by atoms with Crippen molar-refractivity contribution in [3.8, 4) is 11.5 Å². The van der Waals surface area contributed by atoms with E-state index in [-0.39, 0.29) is 5.91 Å². The van der Waals surface area contributed by atoms with Gasteiger partial charge in [-0.3, -0.25) is 4.79 Å². The fourth-order valence-corrected chi connectivity index (χ4v) is 2.31. The molecule has 0 aliphatic heterocycles. The number of benzene rings is 2. The molecule has 2 N–H and O–H groups in total. The topological polar surface area (TPSA) is 75.7 Å². The summed E-state index contributed by atoms with van der Waals surface area (Å²) in [5, 5.41) is 4.87. The summed E-state index contributed by atoms with van der Waals surface area (Å²) < 4.78 is 10.3. The minimum atomic E-state index is -0.315. The third-order valence-electron chi connectivity index (χ3n) is 3.55. The zero-order valence-electron chi connectivity index (χ0n) is 13.4. The Hall–Kier alpha value is -3.28. The van der Waals surface area contributed by atoms with Crippen molar-refractivity contribution in [1.82, 2.24) is 10.4 Å². The van der Waals surface area contributed by atoms with Gasteiger partial charge in [0.15, 0.2) is 0 Å². The molecule has 0 aliphatic rings. The highest BCUT2D eigenvalue weighted by atomic mass is 16.5. The second-order valence-corrected chi connectivity index (χ2v) is 5.11. The Bertz CT molecular complexity index is 899. The molecular weight excluding hydrogens is 306 g/mol. The van der Waals surface area contributed by atoms with E-state index in [4.69, 9.17) is 9.47 Å². The number of carbonyl (C=O) groups is 1. The molecule has 0 saturated carbocycles. The number of hydrogen-bond donors (Lipinski definition) is 2. The minimum Gasteiger partial charge on any atom is -0.497 e. The van der Waals surface area contributed by atoms with Crippen LogP contribution in [0.2, 0.25) is 0 Å². The van der Waals surface area contributed by atoms with Crippen molar-refractivity contribution in [1.29, 1.82) is 0 Å². The summed E-state index contributed by atoms with van der Waals surface area (Å²) in [5.41, 5.74) is 4.62. The molecule has 0 fully saturated rings. The van der Waals surface area contributed by atoms with Crippen LogP contribution in [0.15, 0.2) is 53.6 Å². The zero-order valence-corrected chi connectivity index (χ0v) is 13.4. The van der Waals surface area contributed by atoms with Crippen LogP contribution in [-0.4, -0.2) is 31.3 Å². The molecule has 0 aliphatic carbocycles. The quantitative estimate of drug-likeness (QED) is 0.560. The molecule has 0 spiro atoms. The zero-order chi connectivity index (χ0) is 16.9. The standard InChI is InChI=1S/C18H17N3O3/c1-23-14-5-3-4-12(8-14)11-19-21-18(22)17-10-13-9-15(24-2)6-7-16(13)20-17/h3-11,20H,1-2H3,(H,21,22). The van der Waals surface area contributed by atoms with Gasteiger partial charge in [0.05, 0.1) is 20.4 Å². The number of aromatic nitrogens is 1.